The molecule has 0 bridgehead atoms. The molecule has 0 aliphatic rings. The quantitative estimate of drug-likeness (QED) is 0.645. The van der Waals surface area contributed by atoms with Crippen molar-refractivity contribution in [2.75, 3.05) is 10.6 Å². The standard InChI is InChI=1S/C19H17Cl2N5O2/c1-3-17-24-18(25-26(17)16-7-5-4-6-13(16)21)19(28)23-14-9-8-12(20)10-15(14)22-11(2)27/h4-10H,3H2,1-2H3,(H,22,27)(H,23,28). The number of nitrogens with zero attached hydrogens (tertiary/aromatic N) is 3. The van der Waals surface area contributed by atoms with Gasteiger partial charge in [-0.2, -0.15) is 0 Å². The predicted molar refractivity (Wildman–Crippen MR) is 109 cm³/mol. The Bertz CT molecular complexity index is 1050. The van der Waals surface area contributed by atoms with Crippen molar-refractivity contribution in [3.05, 3.63) is 64.2 Å². The van der Waals surface area contributed by atoms with E-state index in [0.717, 1.165) is 0 Å². The smallest absolute Gasteiger partial charge is 0.295 e. The van der Waals surface area contributed by atoms with E-state index in [-0.39, 0.29) is 11.7 Å². The van der Waals surface area contributed by atoms with Crippen molar-refractivity contribution in [1.82, 2.24) is 14.8 Å². The molecular weight excluding hydrogens is 401 g/mol. The zero-order valence-electron chi connectivity index (χ0n) is 15.2. The first-order valence-corrected chi connectivity index (χ1v) is 9.24. The molecule has 0 atom stereocenters. The van der Waals surface area contributed by atoms with Gasteiger partial charge >= 0.3 is 0 Å². The number of hydrogen-bond acceptors (Lipinski definition) is 4. The van der Waals surface area contributed by atoms with Crippen molar-refractivity contribution in [2.24, 2.45) is 0 Å². The van der Waals surface area contributed by atoms with Crippen molar-refractivity contribution in [3.63, 3.8) is 0 Å². The van der Waals surface area contributed by atoms with E-state index in [9.17, 15) is 9.59 Å². The molecule has 0 aliphatic heterocycles. The lowest BCUT2D eigenvalue weighted by Crippen LogP contribution is -2.16. The zero-order chi connectivity index (χ0) is 20.3. The third kappa shape index (κ3) is 4.32. The fourth-order valence-electron chi connectivity index (χ4n) is 2.58. The number of carbonyl (C=O) groups excluding carboxylic acids is 2. The number of amides is 2. The summed E-state index contributed by atoms with van der Waals surface area (Å²) in [6.07, 6.45) is 0.559. The van der Waals surface area contributed by atoms with Crippen molar-refractivity contribution in [2.45, 2.75) is 20.3 Å². The van der Waals surface area contributed by atoms with Crippen molar-refractivity contribution in [3.8, 4) is 5.69 Å². The van der Waals surface area contributed by atoms with Gasteiger partial charge in [0.25, 0.3) is 5.91 Å². The van der Waals surface area contributed by atoms with Gasteiger partial charge in [0, 0.05) is 18.4 Å². The first-order chi connectivity index (χ1) is 13.4. The number of anilines is 2. The maximum atomic E-state index is 12.7. The molecule has 0 saturated carbocycles. The Kier molecular flexibility index (Phi) is 5.96. The Balaban J connectivity index is 1.92. The molecule has 0 spiro atoms. The highest BCUT2D eigenvalue weighted by molar-refractivity contribution is 6.32. The molecule has 3 rings (SSSR count). The lowest BCUT2D eigenvalue weighted by atomic mass is 10.2. The number of aryl methyl sites for hydroxylation is 1. The SMILES string of the molecule is CCc1nc(C(=O)Nc2ccc(Cl)cc2NC(C)=O)nn1-c1ccccc1Cl. The summed E-state index contributed by atoms with van der Waals surface area (Å²) in [7, 11) is 0. The minimum atomic E-state index is -0.519. The number of aromatic nitrogens is 3. The van der Waals surface area contributed by atoms with Crippen LogP contribution < -0.4 is 10.6 Å². The number of halogens is 2. The van der Waals surface area contributed by atoms with Gasteiger partial charge in [-0.25, -0.2) is 9.67 Å². The lowest BCUT2D eigenvalue weighted by molar-refractivity contribution is -0.114. The highest BCUT2D eigenvalue weighted by atomic mass is 35.5. The number of hydrogen-bond donors (Lipinski definition) is 2. The summed E-state index contributed by atoms with van der Waals surface area (Å²) in [4.78, 5) is 28.4. The van der Waals surface area contributed by atoms with Gasteiger partial charge in [0.2, 0.25) is 11.7 Å². The van der Waals surface area contributed by atoms with Gasteiger partial charge in [-0.15, -0.1) is 5.10 Å². The normalized spacial score (nSPS) is 10.6. The second kappa shape index (κ2) is 8.41. The monoisotopic (exact) mass is 417 g/mol. The van der Waals surface area contributed by atoms with Crippen LogP contribution in [0, 0.1) is 0 Å². The summed E-state index contributed by atoms with van der Waals surface area (Å²) in [6, 6.07) is 11.9. The van der Waals surface area contributed by atoms with Crippen LogP contribution in [0.1, 0.15) is 30.3 Å². The molecule has 3 aromatic rings. The first kappa shape index (κ1) is 19.9. The van der Waals surface area contributed by atoms with E-state index in [1.165, 1.54) is 6.92 Å². The van der Waals surface area contributed by atoms with E-state index in [1.807, 2.05) is 19.1 Å². The van der Waals surface area contributed by atoms with Crippen LogP contribution >= 0.6 is 23.2 Å². The van der Waals surface area contributed by atoms with Crippen LogP contribution in [0.15, 0.2) is 42.5 Å². The molecule has 1 aromatic heterocycles. The molecule has 0 aliphatic carbocycles. The Hall–Kier alpha value is -2.90. The number of rotatable bonds is 5. The van der Waals surface area contributed by atoms with Crippen molar-refractivity contribution < 1.29 is 9.59 Å². The third-order valence-electron chi connectivity index (χ3n) is 3.81. The fraction of sp³-hybridized carbons (Fsp3) is 0.158. The highest BCUT2D eigenvalue weighted by Gasteiger charge is 2.19. The van der Waals surface area contributed by atoms with Crippen LogP contribution in [0.4, 0.5) is 11.4 Å². The van der Waals surface area contributed by atoms with Gasteiger partial charge in [-0.1, -0.05) is 42.3 Å². The maximum absolute atomic E-state index is 12.7. The molecule has 0 radical (unpaired) electrons. The first-order valence-electron chi connectivity index (χ1n) is 8.48. The summed E-state index contributed by atoms with van der Waals surface area (Å²) in [5.41, 5.74) is 1.41. The Labute approximate surface area is 171 Å². The van der Waals surface area contributed by atoms with E-state index < -0.39 is 5.91 Å². The fourth-order valence-corrected chi connectivity index (χ4v) is 2.97. The second-order valence-corrected chi connectivity index (χ2v) is 6.74. The van der Waals surface area contributed by atoms with E-state index >= 15 is 0 Å². The molecule has 1 heterocycles. The summed E-state index contributed by atoms with van der Waals surface area (Å²) >= 11 is 12.2. The summed E-state index contributed by atoms with van der Waals surface area (Å²) < 4.78 is 1.55. The molecule has 0 unspecified atom stereocenters. The molecular formula is C19H17Cl2N5O2. The molecule has 7 nitrogen and oxygen atoms in total. The average Bonchev–Trinajstić information content (AvgIpc) is 3.08. The van der Waals surface area contributed by atoms with Gasteiger partial charge in [-0.3, -0.25) is 9.59 Å². The van der Waals surface area contributed by atoms with Crippen molar-refractivity contribution in [1.29, 1.82) is 0 Å². The number of para-hydroxylation sites is 1. The lowest BCUT2D eigenvalue weighted by Gasteiger charge is -2.10. The average molecular weight is 418 g/mol. The number of carbonyl (C=O) groups is 2. The van der Waals surface area contributed by atoms with Crippen LogP contribution in [-0.2, 0) is 11.2 Å². The second-order valence-electron chi connectivity index (χ2n) is 5.89. The molecule has 144 valence electrons. The summed E-state index contributed by atoms with van der Waals surface area (Å²) in [5.74, 6) is -0.224. The molecule has 0 fully saturated rings. The van der Waals surface area contributed by atoms with E-state index in [4.69, 9.17) is 23.2 Å². The topological polar surface area (TPSA) is 88.9 Å². The van der Waals surface area contributed by atoms with E-state index in [2.05, 4.69) is 20.7 Å². The summed E-state index contributed by atoms with van der Waals surface area (Å²) in [5, 5.41) is 10.6. The predicted octanol–water partition coefficient (Wildman–Crippen LogP) is 4.35. The molecule has 2 N–H and O–H groups in total. The largest absolute Gasteiger partial charge is 0.324 e. The van der Waals surface area contributed by atoms with E-state index in [1.54, 1.807) is 35.0 Å². The molecule has 28 heavy (non-hydrogen) atoms. The molecule has 9 heteroatoms. The summed E-state index contributed by atoms with van der Waals surface area (Å²) in [6.45, 7) is 3.28. The molecule has 2 amide bonds. The van der Waals surface area contributed by atoms with Gasteiger partial charge in [-0.05, 0) is 30.3 Å². The Morgan fingerprint density at radius 3 is 2.50 bits per heavy atom. The maximum Gasteiger partial charge on any atom is 0.295 e. The highest BCUT2D eigenvalue weighted by Crippen LogP contribution is 2.26. The van der Waals surface area contributed by atoms with E-state index in [0.29, 0.717) is 39.4 Å². The van der Waals surface area contributed by atoms with Crippen LogP contribution in [0.2, 0.25) is 10.0 Å². The molecule has 2 aromatic carbocycles. The van der Waals surface area contributed by atoms with Crippen LogP contribution in [0.25, 0.3) is 5.69 Å². The minimum Gasteiger partial charge on any atom is -0.324 e. The Morgan fingerprint density at radius 2 is 1.82 bits per heavy atom. The Morgan fingerprint density at radius 1 is 1.07 bits per heavy atom. The van der Waals surface area contributed by atoms with Gasteiger partial charge in [0.15, 0.2) is 0 Å². The third-order valence-corrected chi connectivity index (χ3v) is 4.37. The number of nitrogens with one attached hydrogen (secondary N) is 2. The van der Waals surface area contributed by atoms with Crippen LogP contribution in [0.5, 0.6) is 0 Å². The zero-order valence-corrected chi connectivity index (χ0v) is 16.7. The van der Waals surface area contributed by atoms with Crippen LogP contribution in [0.3, 0.4) is 0 Å². The van der Waals surface area contributed by atoms with Gasteiger partial charge in [0.05, 0.1) is 22.1 Å². The van der Waals surface area contributed by atoms with Crippen molar-refractivity contribution >= 4 is 46.4 Å². The van der Waals surface area contributed by atoms with Crippen LogP contribution in [-0.4, -0.2) is 26.6 Å². The number of benzene rings is 2. The van der Waals surface area contributed by atoms with Gasteiger partial charge < -0.3 is 10.6 Å². The minimum absolute atomic E-state index is 0.0134. The van der Waals surface area contributed by atoms with Gasteiger partial charge in [0.1, 0.15) is 5.82 Å². The molecule has 0 saturated heterocycles.